The summed E-state index contributed by atoms with van der Waals surface area (Å²) < 4.78 is 1.76. The van der Waals surface area contributed by atoms with E-state index in [2.05, 4.69) is 0 Å². The molecule has 134 valence electrons. The van der Waals surface area contributed by atoms with Crippen molar-refractivity contribution in [3.63, 3.8) is 0 Å². The molecule has 0 spiro atoms. The zero-order chi connectivity index (χ0) is 18.8. The van der Waals surface area contributed by atoms with Gasteiger partial charge in [-0.3, -0.25) is 4.79 Å². The van der Waals surface area contributed by atoms with Gasteiger partial charge in [-0.1, -0.05) is 36.4 Å². The molecule has 0 radical (unpaired) electrons. The van der Waals surface area contributed by atoms with Gasteiger partial charge in [0.05, 0.1) is 6.42 Å². The molecule has 3 aromatic rings. The van der Waals surface area contributed by atoms with Crippen LogP contribution in [0.5, 0.6) is 0 Å². The number of fused-ring (bicyclic) bond motifs is 1. The molecule has 26 heavy (non-hydrogen) atoms. The molecule has 1 amide bonds. The van der Waals surface area contributed by atoms with Gasteiger partial charge < -0.3 is 14.6 Å². The van der Waals surface area contributed by atoms with Gasteiger partial charge in [0.2, 0.25) is 5.91 Å². The lowest BCUT2D eigenvalue weighted by Crippen LogP contribution is -2.29. The summed E-state index contributed by atoms with van der Waals surface area (Å²) in [6.07, 6.45) is 0.0416. The second-order valence-electron chi connectivity index (χ2n) is 6.31. The van der Waals surface area contributed by atoms with E-state index >= 15 is 0 Å². The molecule has 5 heteroatoms. The van der Waals surface area contributed by atoms with E-state index in [1.807, 2.05) is 62.4 Å². The van der Waals surface area contributed by atoms with Crippen LogP contribution in [0.2, 0.25) is 0 Å². The monoisotopic (exact) mass is 350 g/mol. The van der Waals surface area contributed by atoms with Gasteiger partial charge in [0.15, 0.2) is 0 Å². The van der Waals surface area contributed by atoms with Crippen LogP contribution in [0.1, 0.15) is 28.5 Å². The Labute approximate surface area is 152 Å². The molecule has 1 N–H and O–H groups in total. The molecule has 2 aromatic carbocycles. The van der Waals surface area contributed by atoms with E-state index in [1.165, 1.54) is 0 Å². The fraction of sp³-hybridized carbons (Fsp3) is 0.238. The molecule has 0 aliphatic carbocycles. The summed E-state index contributed by atoms with van der Waals surface area (Å²) in [5.74, 6) is -1.15. The largest absolute Gasteiger partial charge is 0.477 e. The summed E-state index contributed by atoms with van der Waals surface area (Å²) in [7, 11) is 1.73. The molecule has 0 aliphatic heterocycles. The van der Waals surface area contributed by atoms with E-state index in [0.29, 0.717) is 12.1 Å². The van der Waals surface area contributed by atoms with Crippen molar-refractivity contribution in [3.05, 3.63) is 65.4 Å². The smallest absolute Gasteiger partial charge is 0.352 e. The van der Waals surface area contributed by atoms with E-state index < -0.39 is 5.97 Å². The lowest BCUT2D eigenvalue weighted by molar-refractivity contribution is -0.117. The standard InChI is InChI=1S/C21H22N2O3/c1-4-23-18-12-8-6-10-15(18)16(20(23)21(25)26)13-19(24)22(3)17-11-7-5-9-14(17)2/h5-12H,4,13H2,1-3H3,(H,25,26). The molecule has 0 unspecified atom stereocenters. The summed E-state index contributed by atoms with van der Waals surface area (Å²) in [5.41, 5.74) is 3.43. The fourth-order valence-corrected chi connectivity index (χ4v) is 3.47. The quantitative estimate of drug-likeness (QED) is 0.760. The number of para-hydroxylation sites is 2. The van der Waals surface area contributed by atoms with E-state index in [4.69, 9.17) is 0 Å². The number of anilines is 1. The molecule has 3 rings (SSSR count). The van der Waals surface area contributed by atoms with Crippen molar-refractivity contribution in [1.82, 2.24) is 4.57 Å². The molecule has 0 fully saturated rings. The van der Waals surface area contributed by atoms with Crippen LogP contribution in [0.15, 0.2) is 48.5 Å². The van der Waals surface area contributed by atoms with Crippen molar-refractivity contribution < 1.29 is 14.7 Å². The first-order valence-electron chi connectivity index (χ1n) is 8.61. The van der Waals surface area contributed by atoms with Crippen LogP contribution in [-0.2, 0) is 17.8 Å². The minimum Gasteiger partial charge on any atom is -0.477 e. The second kappa shape index (κ2) is 7.04. The van der Waals surface area contributed by atoms with E-state index in [9.17, 15) is 14.7 Å². The molecule has 1 aromatic heterocycles. The number of aryl methyl sites for hydroxylation is 2. The van der Waals surface area contributed by atoms with Crippen molar-refractivity contribution in [2.75, 3.05) is 11.9 Å². The highest BCUT2D eigenvalue weighted by Gasteiger charge is 2.24. The SMILES string of the molecule is CCn1c(C(=O)O)c(CC(=O)N(C)c2ccccc2C)c2ccccc21. The Morgan fingerprint density at radius 2 is 1.73 bits per heavy atom. The molecule has 0 aliphatic rings. The Morgan fingerprint density at radius 1 is 1.08 bits per heavy atom. The first-order valence-corrected chi connectivity index (χ1v) is 8.61. The molecule has 0 saturated heterocycles. The Kier molecular flexibility index (Phi) is 4.80. The number of likely N-dealkylation sites (N-methyl/N-ethyl adjacent to an activating group) is 1. The molecule has 1 heterocycles. The highest BCUT2D eigenvalue weighted by Crippen LogP contribution is 2.28. The van der Waals surface area contributed by atoms with Gasteiger partial charge in [0.25, 0.3) is 0 Å². The predicted molar refractivity (Wildman–Crippen MR) is 103 cm³/mol. The van der Waals surface area contributed by atoms with E-state index in [0.717, 1.165) is 22.2 Å². The number of benzene rings is 2. The molecule has 5 nitrogen and oxygen atoms in total. The maximum atomic E-state index is 12.9. The Hall–Kier alpha value is -3.08. The van der Waals surface area contributed by atoms with Gasteiger partial charge in [-0.2, -0.15) is 0 Å². The number of aromatic carboxylic acids is 1. The maximum absolute atomic E-state index is 12.9. The lowest BCUT2D eigenvalue weighted by Gasteiger charge is -2.19. The Morgan fingerprint density at radius 3 is 2.38 bits per heavy atom. The number of amides is 1. The number of carboxylic acids is 1. The average molecular weight is 350 g/mol. The lowest BCUT2D eigenvalue weighted by atomic mass is 10.1. The van der Waals surface area contributed by atoms with Crippen LogP contribution in [-0.4, -0.2) is 28.6 Å². The van der Waals surface area contributed by atoms with Crippen LogP contribution in [0.4, 0.5) is 5.69 Å². The fourth-order valence-electron chi connectivity index (χ4n) is 3.47. The van der Waals surface area contributed by atoms with Gasteiger partial charge in [-0.05, 0) is 31.5 Å². The summed E-state index contributed by atoms with van der Waals surface area (Å²) in [5, 5.41) is 10.6. The van der Waals surface area contributed by atoms with Crippen LogP contribution in [0, 0.1) is 6.92 Å². The first kappa shape index (κ1) is 17.7. The summed E-state index contributed by atoms with van der Waals surface area (Å²) >= 11 is 0. The van der Waals surface area contributed by atoms with Crippen LogP contribution in [0.25, 0.3) is 10.9 Å². The average Bonchev–Trinajstić information content (AvgIpc) is 2.95. The van der Waals surface area contributed by atoms with E-state index in [1.54, 1.807) is 16.5 Å². The third-order valence-corrected chi connectivity index (χ3v) is 4.77. The summed E-state index contributed by atoms with van der Waals surface area (Å²) in [4.78, 5) is 26.4. The minimum atomic E-state index is -1.01. The minimum absolute atomic E-state index is 0.0416. The van der Waals surface area contributed by atoms with Crippen molar-refractivity contribution >= 4 is 28.5 Å². The maximum Gasteiger partial charge on any atom is 0.352 e. The molecule has 0 bridgehead atoms. The number of carbonyl (C=O) groups is 2. The summed E-state index contributed by atoms with van der Waals surface area (Å²) in [6.45, 7) is 4.39. The van der Waals surface area contributed by atoms with Gasteiger partial charge in [-0.25, -0.2) is 4.79 Å². The van der Waals surface area contributed by atoms with Crippen molar-refractivity contribution in [3.8, 4) is 0 Å². The van der Waals surface area contributed by atoms with Crippen molar-refractivity contribution in [1.29, 1.82) is 0 Å². The third kappa shape index (κ3) is 2.96. The predicted octanol–water partition coefficient (Wildman–Crippen LogP) is 3.87. The van der Waals surface area contributed by atoms with Gasteiger partial charge in [0, 0.05) is 35.7 Å². The molecular weight excluding hydrogens is 328 g/mol. The number of hydrogen-bond acceptors (Lipinski definition) is 2. The Balaban J connectivity index is 2.06. The topological polar surface area (TPSA) is 62.5 Å². The number of carboxylic acid groups (broad SMARTS) is 1. The molecule has 0 saturated carbocycles. The van der Waals surface area contributed by atoms with Crippen LogP contribution < -0.4 is 4.90 Å². The van der Waals surface area contributed by atoms with Gasteiger partial charge in [-0.15, -0.1) is 0 Å². The summed E-state index contributed by atoms with van der Waals surface area (Å²) in [6, 6.07) is 15.2. The number of nitrogens with zero attached hydrogens (tertiary/aromatic N) is 2. The zero-order valence-corrected chi connectivity index (χ0v) is 15.2. The molecular formula is C21H22N2O3. The van der Waals surface area contributed by atoms with Crippen molar-refractivity contribution in [2.24, 2.45) is 0 Å². The Bertz CT molecular complexity index is 988. The van der Waals surface area contributed by atoms with Crippen molar-refractivity contribution in [2.45, 2.75) is 26.8 Å². The van der Waals surface area contributed by atoms with E-state index in [-0.39, 0.29) is 18.0 Å². The highest BCUT2D eigenvalue weighted by atomic mass is 16.4. The first-order chi connectivity index (χ1) is 12.5. The number of rotatable bonds is 5. The number of carbonyl (C=O) groups excluding carboxylic acids is 1. The van der Waals surface area contributed by atoms with Crippen LogP contribution in [0.3, 0.4) is 0 Å². The van der Waals surface area contributed by atoms with Crippen LogP contribution >= 0.6 is 0 Å². The molecule has 0 atom stereocenters. The second-order valence-corrected chi connectivity index (χ2v) is 6.31. The zero-order valence-electron chi connectivity index (χ0n) is 15.2. The number of aromatic nitrogens is 1. The highest BCUT2D eigenvalue weighted by molar-refractivity contribution is 6.03. The van der Waals surface area contributed by atoms with Gasteiger partial charge >= 0.3 is 5.97 Å². The normalized spacial score (nSPS) is 10.9. The van der Waals surface area contributed by atoms with Gasteiger partial charge in [0.1, 0.15) is 5.69 Å². The third-order valence-electron chi connectivity index (χ3n) is 4.77. The number of hydrogen-bond donors (Lipinski definition) is 1.